The summed E-state index contributed by atoms with van der Waals surface area (Å²) in [4.78, 5) is 23.8. The number of benzene rings is 1. The maximum Gasteiger partial charge on any atom is 0.220 e. The van der Waals surface area contributed by atoms with Crippen molar-refractivity contribution >= 4 is 23.3 Å². The molecular weight excluding hydrogens is 288 g/mol. The molecule has 0 bridgehead atoms. The lowest BCUT2D eigenvalue weighted by atomic mass is 10.1. The van der Waals surface area contributed by atoms with Crippen LogP contribution in [0.1, 0.15) is 49.4 Å². The van der Waals surface area contributed by atoms with Crippen LogP contribution in [0, 0.1) is 0 Å². The topological polar surface area (TPSA) is 72.2 Å². The minimum absolute atomic E-state index is 0.00286. The van der Waals surface area contributed by atoms with Crippen LogP contribution in [0.5, 0.6) is 0 Å². The molecule has 1 unspecified atom stereocenters. The Kier molecular flexibility index (Phi) is 8.01. The fraction of sp³-hybridized carbons (Fsp3) is 0.500. The molecule has 0 aliphatic carbocycles. The number of nitrogens with one attached hydrogen (secondary N) is 1. The molecule has 116 valence electrons. The average molecular weight is 311 g/mol. The van der Waals surface area contributed by atoms with Crippen LogP contribution in [-0.2, 0) is 4.79 Å². The lowest BCUT2D eigenvalue weighted by molar-refractivity contribution is -0.121. The van der Waals surface area contributed by atoms with Gasteiger partial charge in [0.25, 0.3) is 0 Å². The van der Waals surface area contributed by atoms with Crippen molar-refractivity contribution < 1.29 is 9.59 Å². The fourth-order valence-corrected chi connectivity index (χ4v) is 2.13. The zero-order valence-corrected chi connectivity index (χ0v) is 13.2. The first-order valence-corrected chi connectivity index (χ1v) is 7.72. The van der Waals surface area contributed by atoms with Crippen LogP contribution < -0.4 is 11.1 Å². The molecule has 5 heteroatoms. The Hall–Kier alpha value is -1.39. The van der Waals surface area contributed by atoms with Gasteiger partial charge in [0.05, 0.1) is 0 Å². The van der Waals surface area contributed by atoms with Crippen LogP contribution in [0.4, 0.5) is 0 Å². The second-order valence-corrected chi connectivity index (χ2v) is 5.51. The van der Waals surface area contributed by atoms with Crippen molar-refractivity contribution in [3.8, 4) is 0 Å². The van der Waals surface area contributed by atoms with Gasteiger partial charge >= 0.3 is 0 Å². The van der Waals surface area contributed by atoms with E-state index in [0.29, 0.717) is 17.1 Å². The molecular formula is C16H23ClN2O2. The number of halogens is 1. The molecule has 3 N–H and O–H groups in total. The molecule has 1 aromatic rings. The van der Waals surface area contributed by atoms with Gasteiger partial charge < -0.3 is 11.1 Å². The number of rotatable bonds is 9. The van der Waals surface area contributed by atoms with Gasteiger partial charge in [-0.25, -0.2) is 0 Å². The molecule has 0 saturated heterocycles. The van der Waals surface area contributed by atoms with E-state index >= 15 is 0 Å². The Balaban J connectivity index is 2.38. The maximum absolute atomic E-state index is 11.9. The van der Waals surface area contributed by atoms with Gasteiger partial charge in [0, 0.05) is 36.0 Å². The molecule has 0 aliphatic heterocycles. The van der Waals surface area contributed by atoms with Gasteiger partial charge in [0.15, 0.2) is 5.78 Å². The number of amides is 1. The molecule has 0 saturated carbocycles. The molecule has 1 atom stereocenters. The molecule has 1 aromatic carbocycles. The van der Waals surface area contributed by atoms with Crippen LogP contribution >= 0.6 is 11.6 Å². The van der Waals surface area contributed by atoms with Gasteiger partial charge in [-0.2, -0.15) is 0 Å². The summed E-state index contributed by atoms with van der Waals surface area (Å²) in [6.07, 6.45) is 3.36. The first kappa shape index (κ1) is 17.7. The summed E-state index contributed by atoms with van der Waals surface area (Å²) in [6, 6.07) is 6.69. The van der Waals surface area contributed by atoms with Crippen molar-refractivity contribution in [2.45, 2.75) is 45.1 Å². The third-order valence-electron chi connectivity index (χ3n) is 3.30. The van der Waals surface area contributed by atoms with Crippen molar-refractivity contribution in [1.29, 1.82) is 0 Å². The molecule has 0 spiro atoms. The summed E-state index contributed by atoms with van der Waals surface area (Å²) in [6.45, 7) is 2.52. The smallest absolute Gasteiger partial charge is 0.220 e. The Morgan fingerprint density at radius 3 is 2.48 bits per heavy atom. The summed E-state index contributed by atoms with van der Waals surface area (Å²) >= 11 is 5.77. The highest BCUT2D eigenvalue weighted by molar-refractivity contribution is 6.30. The van der Waals surface area contributed by atoms with Crippen LogP contribution in [0.25, 0.3) is 0 Å². The first-order valence-electron chi connectivity index (χ1n) is 7.35. The third kappa shape index (κ3) is 6.74. The standard InChI is InChI=1S/C16H23ClN2O2/c1-2-3-4-14(11-18)19-16(21)10-9-15(20)12-5-7-13(17)8-6-12/h5-8,14H,2-4,9-11,18H2,1H3,(H,19,21). The predicted molar refractivity (Wildman–Crippen MR) is 85.5 cm³/mol. The van der Waals surface area contributed by atoms with Crippen molar-refractivity contribution in [3.63, 3.8) is 0 Å². The van der Waals surface area contributed by atoms with Crippen molar-refractivity contribution in [3.05, 3.63) is 34.9 Å². The minimum Gasteiger partial charge on any atom is -0.352 e. The van der Waals surface area contributed by atoms with Crippen LogP contribution in [0.2, 0.25) is 5.02 Å². The van der Waals surface area contributed by atoms with Gasteiger partial charge in [-0.3, -0.25) is 9.59 Å². The Bertz CT molecular complexity index is 460. The van der Waals surface area contributed by atoms with E-state index in [1.807, 2.05) is 0 Å². The number of carbonyl (C=O) groups is 2. The number of nitrogens with two attached hydrogens (primary N) is 1. The molecule has 1 rings (SSSR count). The van der Waals surface area contributed by atoms with E-state index in [2.05, 4.69) is 12.2 Å². The second-order valence-electron chi connectivity index (χ2n) is 5.07. The summed E-state index contributed by atoms with van der Waals surface area (Å²) in [7, 11) is 0. The van der Waals surface area contributed by atoms with Crippen molar-refractivity contribution in [2.24, 2.45) is 5.73 Å². The average Bonchev–Trinajstić information content (AvgIpc) is 2.49. The number of Topliss-reactive ketones (excluding diaryl/α,β-unsaturated/α-hetero) is 1. The fourth-order valence-electron chi connectivity index (χ4n) is 2.01. The van der Waals surface area contributed by atoms with Gasteiger partial charge in [-0.05, 0) is 30.7 Å². The first-order chi connectivity index (χ1) is 10.1. The van der Waals surface area contributed by atoms with Gasteiger partial charge in [0.1, 0.15) is 0 Å². The Morgan fingerprint density at radius 2 is 1.90 bits per heavy atom. The van der Waals surface area contributed by atoms with Crippen molar-refractivity contribution in [1.82, 2.24) is 5.32 Å². The molecule has 0 radical (unpaired) electrons. The van der Waals surface area contributed by atoms with Crippen LogP contribution in [0.3, 0.4) is 0 Å². The molecule has 0 heterocycles. The predicted octanol–water partition coefficient (Wildman–Crippen LogP) is 2.94. The molecule has 4 nitrogen and oxygen atoms in total. The van der Waals surface area contributed by atoms with E-state index in [9.17, 15) is 9.59 Å². The Morgan fingerprint density at radius 1 is 1.24 bits per heavy atom. The monoisotopic (exact) mass is 310 g/mol. The normalized spacial score (nSPS) is 12.0. The van der Waals surface area contributed by atoms with Gasteiger partial charge in [-0.15, -0.1) is 0 Å². The molecule has 1 amide bonds. The van der Waals surface area contributed by atoms with E-state index in [1.54, 1.807) is 24.3 Å². The highest BCUT2D eigenvalue weighted by Crippen LogP contribution is 2.12. The van der Waals surface area contributed by atoms with Crippen molar-refractivity contribution in [2.75, 3.05) is 6.54 Å². The summed E-state index contributed by atoms with van der Waals surface area (Å²) < 4.78 is 0. The van der Waals surface area contributed by atoms with E-state index < -0.39 is 0 Å². The van der Waals surface area contributed by atoms with Crippen LogP contribution in [0.15, 0.2) is 24.3 Å². The quantitative estimate of drug-likeness (QED) is 0.689. The molecule has 0 aromatic heterocycles. The summed E-state index contributed by atoms with van der Waals surface area (Å²) in [5.41, 5.74) is 6.21. The lowest BCUT2D eigenvalue weighted by Gasteiger charge is -2.16. The SMILES string of the molecule is CCCCC(CN)NC(=O)CCC(=O)c1ccc(Cl)cc1. The number of ketones is 1. The number of carbonyl (C=O) groups excluding carboxylic acids is 2. The van der Waals surface area contributed by atoms with Gasteiger partial charge in [-0.1, -0.05) is 31.4 Å². The second kappa shape index (κ2) is 9.53. The molecule has 0 aliphatic rings. The maximum atomic E-state index is 11.9. The van der Waals surface area contributed by atoms with E-state index in [0.717, 1.165) is 19.3 Å². The number of hydrogen-bond donors (Lipinski definition) is 2. The number of hydrogen-bond acceptors (Lipinski definition) is 3. The van der Waals surface area contributed by atoms with Gasteiger partial charge in [0.2, 0.25) is 5.91 Å². The summed E-state index contributed by atoms with van der Waals surface area (Å²) in [5.74, 6) is -0.177. The largest absolute Gasteiger partial charge is 0.352 e. The highest BCUT2D eigenvalue weighted by Gasteiger charge is 2.13. The minimum atomic E-state index is -0.121. The lowest BCUT2D eigenvalue weighted by Crippen LogP contribution is -2.40. The molecule has 21 heavy (non-hydrogen) atoms. The Labute approximate surface area is 131 Å². The summed E-state index contributed by atoms with van der Waals surface area (Å²) in [5, 5.41) is 3.47. The zero-order valence-electron chi connectivity index (χ0n) is 12.4. The third-order valence-corrected chi connectivity index (χ3v) is 3.55. The number of unbranched alkanes of at least 4 members (excludes halogenated alkanes) is 1. The zero-order chi connectivity index (χ0) is 15.7. The molecule has 0 fully saturated rings. The van der Waals surface area contributed by atoms with E-state index in [4.69, 9.17) is 17.3 Å². The highest BCUT2D eigenvalue weighted by atomic mass is 35.5. The van der Waals surface area contributed by atoms with E-state index in [-0.39, 0.29) is 30.6 Å². The van der Waals surface area contributed by atoms with E-state index in [1.165, 1.54) is 0 Å². The van der Waals surface area contributed by atoms with Crippen LogP contribution in [-0.4, -0.2) is 24.3 Å².